The van der Waals surface area contributed by atoms with E-state index in [4.69, 9.17) is 5.73 Å². The van der Waals surface area contributed by atoms with Gasteiger partial charge in [-0.2, -0.15) is 0 Å². The lowest BCUT2D eigenvalue weighted by Crippen LogP contribution is -2.56. The van der Waals surface area contributed by atoms with E-state index in [9.17, 15) is 14.7 Å². The Hall–Kier alpha value is -2.61. The standard InChI is InChI=1S/C22H29N5O3/c1-25-18-11-14(13-2-3-13)10-17(23)20(18)24-21(25)22(30)26-8-9-27(19(29)12-26)15-4-6-16(28)7-5-15/h10-11,13,15-16,28H,2-9,12,23H2,1H3/t15-,16-. The van der Waals surface area contributed by atoms with Crippen LogP contribution in [-0.2, 0) is 11.8 Å². The fraction of sp³-hybridized carbons (Fsp3) is 0.591. The molecule has 2 aliphatic carbocycles. The molecule has 0 radical (unpaired) electrons. The van der Waals surface area contributed by atoms with Gasteiger partial charge in [0.2, 0.25) is 5.91 Å². The number of nitrogens with zero attached hydrogens (tertiary/aromatic N) is 4. The number of piperazine rings is 1. The summed E-state index contributed by atoms with van der Waals surface area (Å²) in [6.07, 6.45) is 5.25. The Morgan fingerprint density at radius 3 is 2.53 bits per heavy atom. The van der Waals surface area contributed by atoms with Gasteiger partial charge in [0.15, 0.2) is 5.82 Å². The molecule has 0 bridgehead atoms. The topological polar surface area (TPSA) is 105 Å². The van der Waals surface area contributed by atoms with Crippen molar-refractivity contribution < 1.29 is 14.7 Å². The quantitative estimate of drug-likeness (QED) is 0.747. The SMILES string of the molecule is Cn1c(C(=O)N2CCN([C@H]3CC[C@H](O)CC3)C(=O)C2)nc2c(N)cc(C3CC3)cc21. The Labute approximate surface area is 175 Å². The van der Waals surface area contributed by atoms with Crippen LogP contribution in [0.5, 0.6) is 0 Å². The van der Waals surface area contributed by atoms with Gasteiger partial charge in [0.1, 0.15) is 12.1 Å². The van der Waals surface area contributed by atoms with Crippen LogP contribution in [0.2, 0.25) is 0 Å². The number of amides is 2. The second-order valence-electron chi connectivity index (χ2n) is 9.02. The molecule has 30 heavy (non-hydrogen) atoms. The van der Waals surface area contributed by atoms with Gasteiger partial charge < -0.3 is 25.2 Å². The van der Waals surface area contributed by atoms with Crippen molar-refractivity contribution in [1.82, 2.24) is 19.4 Å². The number of aliphatic hydroxyl groups is 1. The third-order valence-electron chi connectivity index (χ3n) is 6.93. The fourth-order valence-corrected chi connectivity index (χ4v) is 4.94. The van der Waals surface area contributed by atoms with Crippen LogP contribution in [0, 0.1) is 0 Å². The van der Waals surface area contributed by atoms with Crippen LogP contribution < -0.4 is 5.73 Å². The summed E-state index contributed by atoms with van der Waals surface area (Å²) >= 11 is 0. The number of rotatable bonds is 3. The van der Waals surface area contributed by atoms with Crippen molar-refractivity contribution in [3.63, 3.8) is 0 Å². The Kier molecular flexibility index (Phi) is 4.69. The molecule has 3 N–H and O–H groups in total. The number of hydrogen-bond donors (Lipinski definition) is 2. The lowest BCUT2D eigenvalue weighted by Gasteiger charge is -2.41. The fourth-order valence-electron chi connectivity index (χ4n) is 4.94. The summed E-state index contributed by atoms with van der Waals surface area (Å²) in [5.74, 6) is 0.641. The van der Waals surface area contributed by atoms with Crippen LogP contribution in [0.3, 0.4) is 0 Å². The average molecular weight is 412 g/mol. The molecule has 3 fully saturated rings. The molecule has 8 heteroatoms. The first-order valence-corrected chi connectivity index (χ1v) is 10.9. The number of aromatic nitrogens is 2. The molecule has 1 aliphatic heterocycles. The zero-order chi connectivity index (χ0) is 21.0. The number of anilines is 1. The highest BCUT2D eigenvalue weighted by Crippen LogP contribution is 2.42. The number of benzene rings is 1. The molecule has 2 amide bonds. The summed E-state index contributed by atoms with van der Waals surface area (Å²) in [6.45, 7) is 1.10. The molecule has 1 aromatic heterocycles. The van der Waals surface area contributed by atoms with Crippen molar-refractivity contribution in [2.45, 2.75) is 56.6 Å². The minimum atomic E-state index is -0.246. The summed E-state index contributed by atoms with van der Waals surface area (Å²) in [4.78, 5) is 34.0. The van der Waals surface area contributed by atoms with Gasteiger partial charge in [-0.25, -0.2) is 4.98 Å². The lowest BCUT2D eigenvalue weighted by atomic mass is 9.91. The number of nitrogens with two attached hydrogens (primary N) is 1. The largest absolute Gasteiger partial charge is 0.397 e. The van der Waals surface area contributed by atoms with Crippen molar-refractivity contribution in [3.8, 4) is 0 Å². The molecule has 1 saturated heterocycles. The number of nitrogen functional groups attached to an aromatic ring is 1. The number of aryl methyl sites for hydroxylation is 1. The minimum absolute atomic E-state index is 0.0229. The molecular weight excluding hydrogens is 382 g/mol. The van der Waals surface area contributed by atoms with Gasteiger partial charge in [-0.1, -0.05) is 0 Å². The molecule has 160 valence electrons. The van der Waals surface area contributed by atoms with E-state index in [0.717, 1.165) is 31.2 Å². The van der Waals surface area contributed by atoms with Crippen LogP contribution >= 0.6 is 0 Å². The lowest BCUT2D eigenvalue weighted by molar-refractivity contribution is -0.138. The highest BCUT2D eigenvalue weighted by molar-refractivity contribution is 5.99. The maximum atomic E-state index is 13.2. The van der Waals surface area contributed by atoms with Crippen LogP contribution in [0.15, 0.2) is 12.1 Å². The van der Waals surface area contributed by atoms with Crippen LogP contribution in [0.4, 0.5) is 5.69 Å². The second kappa shape index (κ2) is 7.27. The van der Waals surface area contributed by atoms with Crippen LogP contribution in [-0.4, -0.2) is 68.1 Å². The highest BCUT2D eigenvalue weighted by Gasteiger charge is 2.35. The van der Waals surface area contributed by atoms with Crippen molar-refractivity contribution in [2.75, 3.05) is 25.4 Å². The van der Waals surface area contributed by atoms with E-state index in [1.807, 2.05) is 18.0 Å². The van der Waals surface area contributed by atoms with Crippen molar-refractivity contribution in [2.24, 2.45) is 7.05 Å². The van der Waals surface area contributed by atoms with E-state index in [2.05, 4.69) is 11.1 Å². The Morgan fingerprint density at radius 1 is 1.13 bits per heavy atom. The summed E-state index contributed by atoms with van der Waals surface area (Å²) in [6, 6.07) is 4.24. The van der Waals surface area contributed by atoms with Crippen LogP contribution in [0.1, 0.15) is 60.6 Å². The smallest absolute Gasteiger partial charge is 0.290 e. The molecular formula is C22H29N5O3. The number of aliphatic hydroxyl groups excluding tert-OH is 1. The van der Waals surface area contributed by atoms with E-state index < -0.39 is 0 Å². The van der Waals surface area contributed by atoms with Gasteiger partial charge in [-0.15, -0.1) is 0 Å². The van der Waals surface area contributed by atoms with Gasteiger partial charge >= 0.3 is 0 Å². The molecule has 0 atom stereocenters. The number of fused-ring (bicyclic) bond motifs is 1. The molecule has 8 nitrogen and oxygen atoms in total. The highest BCUT2D eigenvalue weighted by atomic mass is 16.3. The van der Waals surface area contributed by atoms with Gasteiger partial charge in [0.05, 0.1) is 17.3 Å². The molecule has 2 heterocycles. The predicted octanol–water partition coefficient (Wildman–Crippen LogP) is 1.62. The molecule has 0 spiro atoms. The summed E-state index contributed by atoms with van der Waals surface area (Å²) < 4.78 is 1.80. The monoisotopic (exact) mass is 411 g/mol. The average Bonchev–Trinajstić information content (AvgIpc) is 3.53. The number of imidazole rings is 1. The predicted molar refractivity (Wildman–Crippen MR) is 113 cm³/mol. The number of carbonyl (C=O) groups excluding carboxylic acids is 2. The van der Waals surface area contributed by atoms with Gasteiger partial charge in [0.25, 0.3) is 5.91 Å². The normalized spacial score (nSPS) is 25.2. The second-order valence-corrected chi connectivity index (χ2v) is 9.02. The first-order chi connectivity index (χ1) is 14.4. The van der Waals surface area contributed by atoms with E-state index >= 15 is 0 Å². The Morgan fingerprint density at radius 2 is 1.87 bits per heavy atom. The minimum Gasteiger partial charge on any atom is -0.397 e. The third kappa shape index (κ3) is 3.33. The third-order valence-corrected chi connectivity index (χ3v) is 6.93. The van der Waals surface area contributed by atoms with E-state index in [0.29, 0.717) is 36.0 Å². The van der Waals surface area contributed by atoms with E-state index in [1.165, 1.54) is 18.4 Å². The van der Waals surface area contributed by atoms with Crippen LogP contribution in [0.25, 0.3) is 11.0 Å². The maximum Gasteiger partial charge on any atom is 0.290 e. The summed E-state index contributed by atoms with van der Waals surface area (Å²) in [5.41, 5.74) is 9.57. The Bertz CT molecular complexity index is 1000. The maximum absolute atomic E-state index is 13.2. The first kappa shape index (κ1) is 19.4. The zero-order valence-corrected chi connectivity index (χ0v) is 17.4. The molecule has 2 aromatic rings. The van der Waals surface area contributed by atoms with E-state index in [1.54, 1.807) is 9.47 Å². The summed E-state index contributed by atoms with van der Waals surface area (Å²) in [5, 5.41) is 9.71. The number of carbonyl (C=O) groups is 2. The van der Waals surface area contributed by atoms with Gasteiger partial charge in [-0.3, -0.25) is 9.59 Å². The van der Waals surface area contributed by atoms with E-state index in [-0.39, 0.29) is 30.5 Å². The molecule has 3 aliphatic rings. The molecule has 1 aromatic carbocycles. The summed E-state index contributed by atoms with van der Waals surface area (Å²) in [7, 11) is 1.84. The van der Waals surface area contributed by atoms with Crippen molar-refractivity contribution >= 4 is 28.5 Å². The Balaban J connectivity index is 1.34. The first-order valence-electron chi connectivity index (χ1n) is 10.9. The molecule has 2 saturated carbocycles. The van der Waals surface area contributed by atoms with Gasteiger partial charge in [0, 0.05) is 26.2 Å². The van der Waals surface area contributed by atoms with Crippen molar-refractivity contribution in [3.05, 3.63) is 23.5 Å². The number of hydrogen-bond acceptors (Lipinski definition) is 5. The van der Waals surface area contributed by atoms with Gasteiger partial charge in [-0.05, 0) is 62.1 Å². The molecule has 5 rings (SSSR count). The van der Waals surface area contributed by atoms with Crippen molar-refractivity contribution in [1.29, 1.82) is 0 Å². The zero-order valence-electron chi connectivity index (χ0n) is 17.4. The molecule has 0 unspecified atom stereocenters.